The molecule has 0 aromatic heterocycles. The molecule has 33 heavy (non-hydrogen) atoms. The molecular weight excluding hydrogens is 501 g/mol. The van der Waals surface area contributed by atoms with Crippen LogP contribution < -0.4 is 15.4 Å². The average molecular weight is 516 g/mol. The van der Waals surface area contributed by atoms with Gasteiger partial charge >= 0.3 is 6.03 Å². The molecule has 3 aromatic carbocycles. The Morgan fingerprint density at radius 3 is 2.33 bits per heavy atom. The molecule has 0 unspecified atom stereocenters. The van der Waals surface area contributed by atoms with E-state index in [-0.39, 0.29) is 32.8 Å². The second-order valence-electron chi connectivity index (χ2n) is 6.69. The van der Waals surface area contributed by atoms with Crippen LogP contribution in [0.4, 0.5) is 19.3 Å². The van der Waals surface area contributed by atoms with Crippen molar-refractivity contribution >= 4 is 52.4 Å². The molecule has 0 bridgehead atoms. The van der Waals surface area contributed by atoms with Crippen molar-refractivity contribution in [2.45, 2.75) is 13.5 Å². The number of hydrogen-bond acceptors (Lipinski definition) is 4. The van der Waals surface area contributed by atoms with Crippen LogP contribution in [0.5, 0.6) is 11.5 Å². The fourth-order valence-corrected chi connectivity index (χ4v) is 3.55. The molecule has 0 saturated carbocycles. The van der Waals surface area contributed by atoms with Gasteiger partial charge in [0.1, 0.15) is 22.9 Å². The number of anilines is 1. The van der Waals surface area contributed by atoms with Gasteiger partial charge in [-0.3, -0.25) is 10.1 Å². The van der Waals surface area contributed by atoms with E-state index in [1.807, 2.05) is 5.32 Å². The van der Waals surface area contributed by atoms with E-state index in [9.17, 15) is 23.5 Å². The van der Waals surface area contributed by atoms with Crippen molar-refractivity contribution in [2.24, 2.45) is 0 Å². The van der Waals surface area contributed by atoms with Crippen LogP contribution in [-0.2, 0) is 6.61 Å². The van der Waals surface area contributed by atoms with Gasteiger partial charge in [-0.05, 0) is 48.9 Å². The highest BCUT2D eigenvalue weighted by Gasteiger charge is 2.22. The number of urea groups is 1. The Morgan fingerprint density at radius 2 is 1.73 bits per heavy atom. The summed E-state index contributed by atoms with van der Waals surface area (Å²) in [6.07, 6.45) is 0. The number of halogens is 5. The number of aliphatic hydroxyl groups is 1. The number of hydrogen-bond donors (Lipinski definition) is 3. The maximum atomic E-state index is 13.8. The molecule has 0 spiro atoms. The first kappa shape index (κ1) is 24.7. The van der Waals surface area contributed by atoms with Crippen LogP contribution in [0.1, 0.15) is 21.5 Å². The Kier molecular flexibility index (Phi) is 7.76. The molecule has 0 heterocycles. The fourth-order valence-electron chi connectivity index (χ4n) is 2.84. The Bertz CT molecular complexity index is 1230. The highest BCUT2D eigenvalue weighted by atomic mass is 35.5. The number of imide groups is 1. The third-order valence-corrected chi connectivity index (χ3v) is 5.47. The van der Waals surface area contributed by atoms with Gasteiger partial charge in [0, 0.05) is 16.3 Å². The lowest BCUT2D eigenvalue weighted by molar-refractivity contribution is 0.0959. The zero-order chi connectivity index (χ0) is 24.3. The van der Waals surface area contributed by atoms with Gasteiger partial charge in [0.15, 0.2) is 5.75 Å². The summed E-state index contributed by atoms with van der Waals surface area (Å²) in [5.74, 6) is -3.19. The SMILES string of the molecule is Cc1c(NC(=O)NC(=O)c2c(F)cccc2F)cc(CO)c(Oc2ccc(Cl)cc2Cl)c1Cl. The van der Waals surface area contributed by atoms with Gasteiger partial charge in [0.05, 0.1) is 16.7 Å². The minimum atomic E-state index is -1.27. The molecule has 0 aliphatic heterocycles. The summed E-state index contributed by atoms with van der Waals surface area (Å²) in [4.78, 5) is 24.4. The zero-order valence-corrected chi connectivity index (χ0v) is 19.1. The van der Waals surface area contributed by atoms with E-state index in [1.54, 1.807) is 13.0 Å². The number of rotatable bonds is 5. The van der Waals surface area contributed by atoms with Crippen molar-refractivity contribution in [3.05, 3.63) is 85.9 Å². The monoisotopic (exact) mass is 514 g/mol. The van der Waals surface area contributed by atoms with Crippen molar-refractivity contribution in [1.82, 2.24) is 5.32 Å². The van der Waals surface area contributed by atoms with Crippen molar-refractivity contribution in [3.8, 4) is 11.5 Å². The highest BCUT2D eigenvalue weighted by Crippen LogP contribution is 2.41. The quantitative estimate of drug-likeness (QED) is 0.363. The van der Waals surface area contributed by atoms with Gasteiger partial charge in [-0.1, -0.05) is 40.9 Å². The minimum Gasteiger partial charge on any atom is -0.454 e. The Labute approximate surface area is 202 Å². The number of nitrogens with one attached hydrogen (secondary N) is 2. The van der Waals surface area contributed by atoms with E-state index in [0.717, 1.165) is 18.2 Å². The fraction of sp³-hybridized carbons (Fsp3) is 0.0909. The van der Waals surface area contributed by atoms with Gasteiger partial charge in [-0.25, -0.2) is 13.6 Å². The van der Waals surface area contributed by atoms with Gasteiger partial charge < -0.3 is 15.2 Å². The predicted octanol–water partition coefficient (Wildman–Crippen LogP) is 6.48. The van der Waals surface area contributed by atoms with Gasteiger partial charge in [0.25, 0.3) is 5.91 Å². The number of benzene rings is 3. The Hall–Kier alpha value is -2.91. The standard InChI is InChI=1S/C22H15Cl3F2N2O4/c1-10-16(28-22(32)29-21(31)18-14(26)3-2-4-15(18)27)7-11(9-30)20(19(10)25)33-17-6-5-12(23)8-13(17)24/h2-8,30H,9H2,1H3,(H2,28,29,31,32). The first-order valence-corrected chi connectivity index (χ1v) is 10.4. The van der Waals surface area contributed by atoms with E-state index in [4.69, 9.17) is 39.5 Å². The average Bonchev–Trinajstić information content (AvgIpc) is 2.74. The lowest BCUT2D eigenvalue weighted by Gasteiger charge is -2.18. The Balaban J connectivity index is 1.85. The molecule has 0 fully saturated rings. The van der Waals surface area contributed by atoms with Crippen LogP contribution in [0.2, 0.25) is 15.1 Å². The lowest BCUT2D eigenvalue weighted by Crippen LogP contribution is -2.35. The highest BCUT2D eigenvalue weighted by molar-refractivity contribution is 6.35. The summed E-state index contributed by atoms with van der Waals surface area (Å²) in [6, 6.07) is 7.70. The molecule has 0 aliphatic rings. The van der Waals surface area contributed by atoms with Gasteiger partial charge in [-0.2, -0.15) is 0 Å². The van der Waals surface area contributed by atoms with Crippen LogP contribution in [0, 0.1) is 18.6 Å². The molecule has 3 N–H and O–H groups in total. The van der Waals surface area contributed by atoms with Crippen LogP contribution >= 0.6 is 34.8 Å². The van der Waals surface area contributed by atoms with Crippen molar-refractivity contribution < 1.29 is 28.2 Å². The first-order chi connectivity index (χ1) is 15.6. The summed E-state index contributed by atoms with van der Waals surface area (Å²) in [5.41, 5.74) is -0.257. The third-order valence-electron chi connectivity index (χ3n) is 4.48. The van der Waals surface area contributed by atoms with E-state index in [2.05, 4.69) is 5.32 Å². The molecule has 3 rings (SSSR count). The van der Waals surface area contributed by atoms with Crippen molar-refractivity contribution in [1.29, 1.82) is 0 Å². The predicted molar refractivity (Wildman–Crippen MR) is 121 cm³/mol. The molecule has 3 aromatic rings. The summed E-state index contributed by atoms with van der Waals surface area (Å²) in [6.45, 7) is 1.03. The number of ether oxygens (including phenoxy) is 1. The van der Waals surface area contributed by atoms with Crippen LogP contribution in [-0.4, -0.2) is 17.0 Å². The molecule has 6 nitrogen and oxygen atoms in total. The largest absolute Gasteiger partial charge is 0.454 e. The summed E-state index contributed by atoms with van der Waals surface area (Å²) in [5, 5.41) is 14.6. The number of amides is 3. The third kappa shape index (κ3) is 5.54. The molecule has 11 heteroatoms. The first-order valence-electron chi connectivity index (χ1n) is 9.24. The number of carbonyl (C=O) groups is 2. The van der Waals surface area contributed by atoms with E-state index >= 15 is 0 Å². The molecular formula is C22H15Cl3F2N2O4. The Morgan fingerprint density at radius 1 is 1.06 bits per heavy atom. The number of aliphatic hydroxyl groups excluding tert-OH is 1. The van der Waals surface area contributed by atoms with Gasteiger partial charge in [0.2, 0.25) is 0 Å². The zero-order valence-electron chi connectivity index (χ0n) is 16.8. The maximum Gasteiger partial charge on any atom is 0.326 e. The van der Waals surface area contributed by atoms with Gasteiger partial charge in [-0.15, -0.1) is 0 Å². The topological polar surface area (TPSA) is 87.7 Å². The summed E-state index contributed by atoms with van der Waals surface area (Å²) >= 11 is 18.4. The smallest absolute Gasteiger partial charge is 0.326 e. The number of carbonyl (C=O) groups excluding carboxylic acids is 2. The van der Waals surface area contributed by atoms with E-state index in [1.165, 1.54) is 18.2 Å². The minimum absolute atomic E-state index is 0.0503. The van der Waals surface area contributed by atoms with Crippen LogP contribution in [0.25, 0.3) is 0 Å². The molecule has 0 atom stereocenters. The molecule has 0 aliphatic carbocycles. The van der Waals surface area contributed by atoms with E-state index in [0.29, 0.717) is 10.6 Å². The maximum absolute atomic E-state index is 13.8. The van der Waals surface area contributed by atoms with E-state index < -0.39 is 35.7 Å². The second-order valence-corrected chi connectivity index (χ2v) is 7.91. The van der Waals surface area contributed by atoms with Crippen LogP contribution in [0.3, 0.4) is 0 Å². The normalized spacial score (nSPS) is 10.6. The lowest BCUT2D eigenvalue weighted by atomic mass is 10.1. The van der Waals surface area contributed by atoms with Crippen molar-refractivity contribution in [3.63, 3.8) is 0 Å². The second kappa shape index (κ2) is 10.4. The summed E-state index contributed by atoms with van der Waals surface area (Å²) < 4.78 is 33.3. The molecule has 172 valence electrons. The molecule has 3 amide bonds. The molecule has 0 radical (unpaired) electrons. The van der Waals surface area contributed by atoms with Crippen molar-refractivity contribution in [2.75, 3.05) is 5.32 Å². The van der Waals surface area contributed by atoms with Crippen LogP contribution in [0.15, 0.2) is 42.5 Å². The molecule has 0 saturated heterocycles. The summed E-state index contributed by atoms with van der Waals surface area (Å²) in [7, 11) is 0.